The number of pyridine rings is 1. The molecule has 14 heteroatoms. The number of aromatic nitrogens is 3. The van der Waals surface area contributed by atoms with Gasteiger partial charge in [0.05, 0.1) is 22.5 Å². The first kappa shape index (κ1) is 28.5. The largest absolute Gasteiger partial charge is 0.573 e. The molecule has 41 heavy (non-hydrogen) atoms. The molecule has 1 aromatic carbocycles. The monoisotopic (exact) mass is 588 g/mol. The molecule has 2 aliphatic rings. The van der Waals surface area contributed by atoms with E-state index in [2.05, 4.69) is 30.3 Å². The number of amides is 2. The van der Waals surface area contributed by atoms with E-state index < -0.39 is 29.1 Å². The molecule has 3 aromatic rings. The zero-order chi connectivity index (χ0) is 29.0. The number of hydrogen-bond acceptors (Lipinski definition) is 9. The van der Waals surface area contributed by atoms with E-state index in [-0.39, 0.29) is 28.3 Å². The van der Waals surface area contributed by atoms with Crippen molar-refractivity contribution in [1.29, 1.82) is 0 Å². The molecule has 0 aliphatic carbocycles. The lowest BCUT2D eigenvalue weighted by molar-refractivity contribution is -0.274. The van der Waals surface area contributed by atoms with Crippen LogP contribution in [0.2, 0.25) is 0 Å². The van der Waals surface area contributed by atoms with E-state index >= 15 is 0 Å². The summed E-state index contributed by atoms with van der Waals surface area (Å²) in [5.41, 5.74) is 1.09. The zero-order valence-electron chi connectivity index (χ0n) is 21.4. The Bertz CT molecular complexity index is 1480. The fourth-order valence-corrected chi connectivity index (χ4v) is 5.22. The number of thioether (sulfide) groups is 1. The number of carbonyl (C=O) groups excluding carboxylic acids is 2. The summed E-state index contributed by atoms with van der Waals surface area (Å²) in [4.78, 5) is 38.3. The highest BCUT2D eigenvalue weighted by atomic mass is 32.2. The second-order valence-electron chi connectivity index (χ2n) is 9.40. The van der Waals surface area contributed by atoms with Gasteiger partial charge in [-0.15, -0.1) is 13.2 Å². The highest BCUT2D eigenvalue weighted by Crippen LogP contribution is 2.33. The van der Waals surface area contributed by atoms with Gasteiger partial charge in [-0.2, -0.15) is 0 Å². The summed E-state index contributed by atoms with van der Waals surface area (Å²) in [5.74, 6) is -0.575. The van der Waals surface area contributed by atoms with Crippen molar-refractivity contribution in [3.63, 3.8) is 0 Å². The molecule has 2 fully saturated rings. The van der Waals surface area contributed by atoms with Crippen LogP contribution in [0.4, 0.5) is 28.3 Å². The van der Waals surface area contributed by atoms with Crippen LogP contribution in [0.15, 0.2) is 53.7 Å². The molecule has 0 spiro atoms. The van der Waals surface area contributed by atoms with Crippen molar-refractivity contribution in [1.82, 2.24) is 25.6 Å². The van der Waals surface area contributed by atoms with Gasteiger partial charge in [-0.05, 0) is 67.4 Å². The first-order chi connectivity index (χ1) is 19.6. The van der Waals surface area contributed by atoms with Crippen LogP contribution in [0.5, 0.6) is 5.75 Å². The van der Waals surface area contributed by atoms with Gasteiger partial charge >= 0.3 is 6.36 Å². The number of nitrogens with one attached hydrogen (secondary N) is 2. The Balaban J connectivity index is 1.15. The predicted octanol–water partition coefficient (Wildman–Crippen LogP) is 4.91. The topological polar surface area (TPSA) is 109 Å². The lowest BCUT2D eigenvalue weighted by Gasteiger charge is -2.32. The summed E-state index contributed by atoms with van der Waals surface area (Å²) in [6, 6.07) is 8.69. The van der Waals surface area contributed by atoms with Gasteiger partial charge in [0.1, 0.15) is 11.6 Å². The third-order valence-electron chi connectivity index (χ3n) is 6.55. The molecule has 0 radical (unpaired) electrons. The van der Waals surface area contributed by atoms with E-state index in [4.69, 9.17) is 0 Å². The third kappa shape index (κ3) is 7.38. The molecule has 2 N–H and O–H groups in total. The van der Waals surface area contributed by atoms with E-state index in [0.717, 1.165) is 30.8 Å². The van der Waals surface area contributed by atoms with E-state index in [0.29, 0.717) is 37.2 Å². The van der Waals surface area contributed by atoms with Crippen LogP contribution in [0, 0.1) is 11.7 Å². The standard InChI is InChI=1S/C27H24F4N6O3S/c28-20-15-34-21(19-3-1-2-4-22(19)40-27(29,30)31)11-17(20)14-32-13-16-6-9-37(10-7-16)25-33-8-5-18(35-25)12-23-24(38)36-26(39)41-23/h1-5,8,11-12,15-16,32H,6-7,9-10,13-14H2,(H,36,38,39)/b23-12-. The number of anilines is 1. The first-order valence-electron chi connectivity index (χ1n) is 12.7. The summed E-state index contributed by atoms with van der Waals surface area (Å²) >= 11 is 0.826. The fourth-order valence-electron chi connectivity index (χ4n) is 4.55. The number of carbonyl (C=O) groups is 2. The van der Waals surface area contributed by atoms with Gasteiger partial charge < -0.3 is 15.0 Å². The van der Waals surface area contributed by atoms with Crippen molar-refractivity contribution in [2.45, 2.75) is 25.7 Å². The van der Waals surface area contributed by atoms with Gasteiger partial charge in [0.2, 0.25) is 5.95 Å². The summed E-state index contributed by atoms with van der Waals surface area (Å²) in [5, 5.41) is 5.04. The molecule has 214 valence electrons. The smallest absolute Gasteiger partial charge is 0.405 e. The van der Waals surface area contributed by atoms with Gasteiger partial charge in [0.25, 0.3) is 11.1 Å². The van der Waals surface area contributed by atoms with Gasteiger partial charge in [-0.1, -0.05) is 12.1 Å². The molecule has 9 nitrogen and oxygen atoms in total. The number of halogens is 4. The summed E-state index contributed by atoms with van der Waals surface area (Å²) in [7, 11) is 0. The molecule has 4 heterocycles. The number of nitrogens with zero attached hydrogens (tertiary/aromatic N) is 4. The van der Waals surface area contributed by atoms with E-state index in [1.54, 1.807) is 24.4 Å². The average Bonchev–Trinajstić information content (AvgIpc) is 3.25. The Kier molecular flexibility index (Phi) is 8.49. The van der Waals surface area contributed by atoms with Gasteiger partial charge in [-0.3, -0.25) is 19.9 Å². The Morgan fingerprint density at radius 3 is 2.66 bits per heavy atom. The molecule has 0 bridgehead atoms. The maximum Gasteiger partial charge on any atom is 0.573 e. The Morgan fingerprint density at radius 1 is 1.15 bits per heavy atom. The average molecular weight is 589 g/mol. The Labute approximate surface area is 236 Å². The van der Waals surface area contributed by atoms with Crippen LogP contribution < -0.4 is 20.3 Å². The third-order valence-corrected chi connectivity index (χ3v) is 7.37. The number of imide groups is 1. The lowest BCUT2D eigenvalue weighted by Crippen LogP contribution is -2.38. The molecule has 0 saturated carbocycles. The molecule has 5 rings (SSSR count). The van der Waals surface area contributed by atoms with Crippen LogP contribution in [0.1, 0.15) is 24.1 Å². The van der Waals surface area contributed by atoms with Crippen molar-refractivity contribution >= 4 is 34.9 Å². The van der Waals surface area contributed by atoms with E-state index in [1.165, 1.54) is 24.3 Å². The summed E-state index contributed by atoms with van der Waals surface area (Å²) in [6.45, 7) is 2.19. The fraction of sp³-hybridized carbons (Fsp3) is 0.296. The minimum atomic E-state index is -4.86. The maximum absolute atomic E-state index is 14.5. The SMILES string of the molecule is O=C1NC(=O)/C(=C/c2ccnc(N3CCC(CNCc4cc(-c5ccccc5OC(F)(F)F)ncc4F)CC3)n2)S1. The van der Waals surface area contributed by atoms with Gasteiger partial charge in [0.15, 0.2) is 0 Å². The van der Waals surface area contributed by atoms with E-state index in [9.17, 15) is 27.2 Å². The number of hydrogen-bond donors (Lipinski definition) is 2. The van der Waals surface area contributed by atoms with Crippen LogP contribution in [0.3, 0.4) is 0 Å². The molecule has 2 aliphatic heterocycles. The van der Waals surface area contributed by atoms with Crippen molar-refractivity contribution in [2.75, 3.05) is 24.5 Å². The van der Waals surface area contributed by atoms with Gasteiger partial charge in [-0.25, -0.2) is 14.4 Å². The van der Waals surface area contributed by atoms with Crippen LogP contribution >= 0.6 is 11.8 Å². The molecule has 2 amide bonds. The minimum Gasteiger partial charge on any atom is -0.405 e. The Morgan fingerprint density at radius 2 is 1.93 bits per heavy atom. The molecule has 0 atom stereocenters. The van der Waals surface area contributed by atoms with Gasteiger partial charge in [0, 0.05) is 37.0 Å². The lowest BCUT2D eigenvalue weighted by atomic mass is 9.97. The van der Waals surface area contributed by atoms with Crippen molar-refractivity contribution in [3.05, 3.63) is 70.8 Å². The molecule has 2 aromatic heterocycles. The number of benzene rings is 1. The normalized spacial score (nSPS) is 17.3. The van der Waals surface area contributed by atoms with Crippen molar-refractivity contribution in [2.24, 2.45) is 5.92 Å². The summed E-state index contributed by atoms with van der Waals surface area (Å²) < 4.78 is 57.0. The number of para-hydroxylation sites is 1. The van der Waals surface area contributed by atoms with Crippen LogP contribution in [-0.4, -0.2) is 52.1 Å². The van der Waals surface area contributed by atoms with Crippen molar-refractivity contribution < 1.29 is 31.9 Å². The number of alkyl halides is 3. The number of piperidine rings is 1. The highest BCUT2D eigenvalue weighted by Gasteiger charge is 2.32. The molecule has 0 unspecified atom stereocenters. The number of ether oxygens (including phenoxy) is 1. The summed E-state index contributed by atoms with van der Waals surface area (Å²) in [6.07, 6.45) is 0.957. The molecule has 2 saturated heterocycles. The number of rotatable bonds is 8. The van der Waals surface area contributed by atoms with Crippen LogP contribution in [-0.2, 0) is 11.3 Å². The van der Waals surface area contributed by atoms with Crippen molar-refractivity contribution in [3.8, 4) is 17.0 Å². The highest BCUT2D eigenvalue weighted by molar-refractivity contribution is 8.18. The second-order valence-corrected chi connectivity index (χ2v) is 10.4. The van der Waals surface area contributed by atoms with Crippen LogP contribution in [0.25, 0.3) is 17.3 Å². The van der Waals surface area contributed by atoms with E-state index in [1.807, 2.05) is 4.90 Å². The first-order valence-corrected chi connectivity index (χ1v) is 13.5. The zero-order valence-corrected chi connectivity index (χ0v) is 22.3. The second kappa shape index (κ2) is 12.2. The molecular weight excluding hydrogens is 564 g/mol. The predicted molar refractivity (Wildman–Crippen MR) is 144 cm³/mol. The maximum atomic E-state index is 14.5. The molecular formula is C27H24F4N6O3S. The quantitative estimate of drug-likeness (QED) is 0.280. The minimum absolute atomic E-state index is 0.111. The Hall–Kier alpha value is -4.04.